The molecule has 69 heavy (non-hydrogen) atoms. The van der Waals surface area contributed by atoms with Crippen LogP contribution >= 0.6 is 0 Å². The van der Waals surface area contributed by atoms with Crippen LogP contribution in [0.4, 0.5) is 17.1 Å². The quantitative estimate of drug-likeness (QED) is 0.0951. The Morgan fingerprint density at radius 1 is 0.478 bits per heavy atom. The summed E-state index contributed by atoms with van der Waals surface area (Å²) < 4.78 is 9.72. The van der Waals surface area contributed by atoms with Crippen molar-refractivity contribution in [3.63, 3.8) is 0 Å². The van der Waals surface area contributed by atoms with Crippen molar-refractivity contribution in [3.8, 4) is 50.6 Å². The van der Waals surface area contributed by atoms with E-state index in [1.165, 1.54) is 125 Å². The van der Waals surface area contributed by atoms with Crippen molar-refractivity contribution in [2.75, 3.05) is 4.90 Å². The Morgan fingerprint density at radius 3 is 1.70 bits per heavy atom. The Bertz CT molecular complexity index is 3420. The van der Waals surface area contributed by atoms with Gasteiger partial charge in [-0.1, -0.05) is 199 Å². The van der Waals surface area contributed by atoms with Gasteiger partial charge in [-0.15, -0.1) is 0 Å². The Hall–Kier alpha value is -7.56. The van der Waals surface area contributed by atoms with Crippen LogP contribution in [0.2, 0.25) is 0 Å². The van der Waals surface area contributed by atoms with Crippen molar-refractivity contribution < 1.29 is 4.74 Å². The summed E-state index contributed by atoms with van der Waals surface area (Å²) in [4.78, 5) is 2.65. The van der Waals surface area contributed by atoms with E-state index < -0.39 is 0 Å². The highest BCUT2D eigenvalue weighted by Crippen LogP contribution is 2.51. The van der Waals surface area contributed by atoms with Crippen LogP contribution < -0.4 is 26.0 Å². The van der Waals surface area contributed by atoms with Crippen molar-refractivity contribution in [1.29, 1.82) is 0 Å². The predicted molar refractivity (Wildman–Crippen MR) is 294 cm³/mol. The summed E-state index contributed by atoms with van der Waals surface area (Å²) in [6.45, 7) is 9.23. The smallest absolute Gasteiger partial charge is 0.256 e. The van der Waals surface area contributed by atoms with Crippen LogP contribution in [0.5, 0.6) is 11.5 Å². The number of unbranched alkanes of at least 4 members (excludes halogenated alkanes) is 4. The number of ether oxygens (including phenoxy) is 1. The van der Waals surface area contributed by atoms with Crippen LogP contribution in [-0.2, 0) is 11.8 Å². The molecule has 1 aromatic heterocycles. The molecule has 0 spiro atoms. The second-order valence-corrected chi connectivity index (χ2v) is 20.2. The van der Waals surface area contributed by atoms with Crippen molar-refractivity contribution in [3.05, 3.63) is 211 Å². The van der Waals surface area contributed by atoms with E-state index in [1.54, 1.807) is 0 Å². The van der Waals surface area contributed by atoms with Crippen molar-refractivity contribution in [1.82, 2.24) is 4.57 Å². The number of aromatic nitrogens is 1. The molecule has 0 N–H and O–H groups in total. The van der Waals surface area contributed by atoms with Crippen LogP contribution in [0, 0.1) is 0 Å². The minimum atomic E-state index is -0.106. The second-order valence-electron chi connectivity index (χ2n) is 20.2. The molecule has 10 aromatic rings. The van der Waals surface area contributed by atoms with Gasteiger partial charge in [-0.3, -0.25) is 0 Å². The number of aryl methyl sites for hydroxylation is 1. The molecule has 0 radical (unpaired) electrons. The first kappa shape index (κ1) is 42.8. The molecular formula is C65H57BN2O. The van der Waals surface area contributed by atoms with E-state index in [1.807, 2.05) is 0 Å². The molecule has 4 heteroatoms. The second kappa shape index (κ2) is 17.5. The standard InChI is InChI=1S/C65H57BN2O/c1-5-6-7-8-12-23-44-38-60-63-62(39-44)69-61-37-34-48(45-24-13-9-14-25-45)40-56(61)66(63)55-36-35-50(67-57-32-21-19-30-51(57)52-31-20-22-33-58(52)67)43-59(55)68(60)64-53(46-26-15-10-16-27-46)41-49(65(2,3)4)42-54(64)47-28-17-11-18-29-47/h9-11,13-22,24-43H,5-8,12,23H2,1-4H3. The molecule has 0 saturated heterocycles. The number of hydrogen-bond acceptors (Lipinski definition) is 2. The third kappa shape index (κ3) is 7.54. The highest BCUT2D eigenvalue weighted by molar-refractivity contribution is 6.99. The van der Waals surface area contributed by atoms with Gasteiger partial charge in [-0.2, -0.15) is 0 Å². The van der Waals surface area contributed by atoms with Gasteiger partial charge in [0.05, 0.1) is 16.7 Å². The lowest BCUT2D eigenvalue weighted by molar-refractivity contribution is 0.486. The molecule has 3 heterocycles. The molecule has 2 aliphatic heterocycles. The summed E-state index contributed by atoms with van der Waals surface area (Å²) in [5, 5.41) is 2.51. The summed E-state index contributed by atoms with van der Waals surface area (Å²) in [5.74, 6) is 1.88. The van der Waals surface area contributed by atoms with E-state index in [-0.39, 0.29) is 12.1 Å². The minimum absolute atomic E-state index is 0.0753. The maximum Gasteiger partial charge on any atom is 0.256 e. The number of para-hydroxylation sites is 2. The number of nitrogens with zero attached hydrogens (tertiary/aromatic N) is 2. The van der Waals surface area contributed by atoms with Crippen LogP contribution in [0.3, 0.4) is 0 Å². The van der Waals surface area contributed by atoms with E-state index in [0.717, 1.165) is 30.0 Å². The van der Waals surface area contributed by atoms with E-state index in [2.05, 4.69) is 237 Å². The van der Waals surface area contributed by atoms with Crippen LogP contribution in [0.15, 0.2) is 200 Å². The zero-order valence-electron chi connectivity index (χ0n) is 40.2. The minimum Gasteiger partial charge on any atom is -0.458 e. The molecule has 12 rings (SSSR count). The summed E-state index contributed by atoms with van der Waals surface area (Å²) in [6, 6.07) is 74.6. The third-order valence-corrected chi connectivity index (χ3v) is 14.7. The number of benzene rings is 9. The zero-order valence-corrected chi connectivity index (χ0v) is 40.2. The fraction of sp³-hybridized carbons (Fsp3) is 0.169. The first-order chi connectivity index (χ1) is 33.8. The summed E-state index contributed by atoms with van der Waals surface area (Å²) in [7, 11) is 0. The highest BCUT2D eigenvalue weighted by atomic mass is 16.5. The lowest BCUT2D eigenvalue weighted by Gasteiger charge is -2.42. The van der Waals surface area contributed by atoms with Gasteiger partial charge in [0.1, 0.15) is 11.5 Å². The van der Waals surface area contributed by atoms with Gasteiger partial charge < -0.3 is 14.2 Å². The molecule has 3 nitrogen and oxygen atoms in total. The maximum atomic E-state index is 7.24. The molecule has 2 aliphatic rings. The molecule has 9 aromatic carbocycles. The molecule has 336 valence electrons. The van der Waals surface area contributed by atoms with E-state index in [4.69, 9.17) is 4.74 Å². The van der Waals surface area contributed by atoms with Crippen molar-refractivity contribution >= 4 is 62.0 Å². The van der Waals surface area contributed by atoms with Gasteiger partial charge in [-0.25, -0.2) is 0 Å². The topological polar surface area (TPSA) is 17.4 Å². The first-order valence-electron chi connectivity index (χ1n) is 25.1. The van der Waals surface area contributed by atoms with Gasteiger partial charge in [0.25, 0.3) is 6.71 Å². The van der Waals surface area contributed by atoms with Crippen molar-refractivity contribution in [2.24, 2.45) is 0 Å². The molecular weight excluding hydrogens is 836 g/mol. The molecule has 0 atom stereocenters. The van der Waals surface area contributed by atoms with Crippen LogP contribution in [0.25, 0.3) is 60.9 Å². The molecule has 0 amide bonds. The molecule has 0 aliphatic carbocycles. The number of hydrogen-bond donors (Lipinski definition) is 0. The average Bonchev–Trinajstić information content (AvgIpc) is 3.73. The summed E-state index contributed by atoms with van der Waals surface area (Å²) in [5.41, 5.74) is 20.4. The van der Waals surface area contributed by atoms with Gasteiger partial charge in [0.15, 0.2) is 0 Å². The molecule has 0 unspecified atom stereocenters. The number of anilines is 3. The summed E-state index contributed by atoms with van der Waals surface area (Å²) in [6.07, 6.45) is 7.11. The predicted octanol–water partition coefficient (Wildman–Crippen LogP) is 16.0. The van der Waals surface area contributed by atoms with E-state index in [9.17, 15) is 0 Å². The lowest BCUT2D eigenvalue weighted by Crippen LogP contribution is -2.59. The first-order valence-corrected chi connectivity index (χ1v) is 25.1. The van der Waals surface area contributed by atoms with E-state index in [0.29, 0.717) is 0 Å². The fourth-order valence-corrected chi connectivity index (χ4v) is 11.2. The Labute approximate surface area is 407 Å². The largest absolute Gasteiger partial charge is 0.458 e. The SMILES string of the molecule is CCCCCCCc1cc2c3c(c1)N(c1c(-c4ccccc4)cc(C(C)(C)C)cc1-c1ccccc1)c1cc(-n4c5ccccc5c5ccccc54)ccc1B3c1cc(-c3ccccc3)ccc1O2. The molecule has 0 fully saturated rings. The average molecular weight is 893 g/mol. The van der Waals surface area contributed by atoms with Crippen LogP contribution in [0.1, 0.15) is 70.9 Å². The summed E-state index contributed by atoms with van der Waals surface area (Å²) >= 11 is 0. The Morgan fingerprint density at radius 2 is 1.07 bits per heavy atom. The maximum absolute atomic E-state index is 7.24. The highest BCUT2D eigenvalue weighted by Gasteiger charge is 2.44. The van der Waals surface area contributed by atoms with Crippen molar-refractivity contribution in [2.45, 2.75) is 71.6 Å². The monoisotopic (exact) mass is 892 g/mol. The molecule has 0 saturated carbocycles. The number of rotatable bonds is 11. The fourth-order valence-electron chi connectivity index (χ4n) is 11.2. The Kier molecular flexibility index (Phi) is 10.9. The number of fused-ring (bicyclic) bond motifs is 7. The van der Waals surface area contributed by atoms with Crippen LogP contribution in [-0.4, -0.2) is 11.3 Å². The Balaban J connectivity index is 1.20. The third-order valence-electron chi connectivity index (χ3n) is 14.7. The van der Waals surface area contributed by atoms with Gasteiger partial charge in [-0.05, 0) is 123 Å². The van der Waals surface area contributed by atoms with Gasteiger partial charge in [0.2, 0.25) is 0 Å². The normalized spacial score (nSPS) is 12.8. The van der Waals surface area contributed by atoms with Gasteiger partial charge >= 0.3 is 0 Å². The van der Waals surface area contributed by atoms with Gasteiger partial charge in [0, 0.05) is 39.0 Å². The van der Waals surface area contributed by atoms with E-state index >= 15 is 0 Å². The molecule has 0 bridgehead atoms. The zero-order chi connectivity index (χ0) is 46.6. The lowest BCUT2D eigenvalue weighted by atomic mass is 9.34.